The zero-order valence-electron chi connectivity index (χ0n) is 17.9. The predicted octanol–water partition coefficient (Wildman–Crippen LogP) is 3.72. The number of benzene rings is 2. The average molecular weight is 450 g/mol. The monoisotopic (exact) mass is 449 g/mol. The first-order valence-electron chi connectivity index (χ1n) is 10.4. The Kier molecular flexibility index (Phi) is 6.61. The van der Waals surface area contributed by atoms with Crippen molar-refractivity contribution in [2.75, 3.05) is 13.7 Å². The largest absolute Gasteiger partial charge is 0.494 e. The SMILES string of the molecule is CCCCCOc1ccc(-c2nc3sc(=Cc4ccc(C(=O)OC)cc4)c(=O)n3n2)cc1. The molecule has 0 saturated heterocycles. The van der Waals surface area contributed by atoms with Gasteiger partial charge in [0.2, 0.25) is 4.96 Å². The number of fused-ring (bicyclic) bond motifs is 1. The average Bonchev–Trinajstić information content (AvgIpc) is 3.36. The Morgan fingerprint density at radius 3 is 2.50 bits per heavy atom. The topological polar surface area (TPSA) is 82.8 Å². The van der Waals surface area contributed by atoms with Crippen LogP contribution in [-0.2, 0) is 4.74 Å². The number of methoxy groups -OCH3 is 1. The summed E-state index contributed by atoms with van der Waals surface area (Å²) in [7, 11) is 1.34. The molecular formula is C24H23N3O4S. The molecule has 0 saturated carbocycles. The number of aromatic nitrogens is 3. The Hall–Kier alpha value is -3.52. The number of rotatable bonds is 8. The molecule has 2 aromatic carbocycles. The van der Waals surface area contributed by atoms with E-state index in [-0.39, 0.29) is 5.56 Å². The van der Waals surface area contributed by atoms with Crippen molar-refractivity contribution in [2.24, 2.45) is 0 Å². The van der Waals surface area contributed by atoms with Gasteiger partial charge in [-0.05, 0) is 54.5 Å². The molecule has 0 amide bonds. The van der Waals surface area contributed by atoms with E-state index in [4.69, 9.17) is 9.47 Å². The number of hydrogen-bond acceptors (Lipinski definition) is 7. The number of unbranched alkanes of at least 4 members (excludes halogenated alkanes) is 2. The van der Waals surface area contributed by atoms with E-state index in [1.165, 1.54) is 23.0 Å². The molecule has 0 aliphatic rings. The molecule has 8 heteroatoms. The summed E-state index contributed by atoms with van der Waals surface area (Å²) in [5.41, 5.74) is 1.85. The number of carbonyl (C=O) groups is 1. The maximum absolute atomic E-state index is 12.8. The summed E-state index contributed by atoms with van der Waals surface area (Å²) in [5, 5.41) is 4.39. The third kappa shape index (κ3) is 4.70. The molecule has 0 aliphatic carbocycles. The number of hydrogen-bond donors (Lipinski definition) is 0. The minimum atomic E-state index is -0.400. The van der Waals surface area contributed by atoms with Gasteiger partial charge >= 0.3 is 5.97 Å². The molecule has 7 nitrogen and oxygen atoms in total. The summed E-state index contributed by atoms with van der Waals surface area (Å²) in [4.78, 5) is 29.4. The standard InChI is InChI=1S/C24H23N3O4S/c1-3-4-5-14-31-19-12-10-17(11-13-19)21-25-24-27(26-21)22(28)20(32-24)15-16-6-8-18(9-7-16)23(29)30-2/h6-13,15H,3-5,14H2,1-2H3. The summed E-state index contributed by atoms with van der Waals surface area (Å²) < 4.78 is 12.3. The second-order valence-corrected chi connectivity index (χ2v) is 8.25. The van der Waals surface area contributed by atoms with Gasteiger partial charge in [0, 0.05) is 5.56 Å². The van der Waals surface area contributed by atoms with Crippen molar-refractivity contribution in [3.63, 3.8) is 0 Å². The second kappa shape index (κ2) is 9.74. The molecule has 32 heavy (non-hydrogen) atoms. The highest BCUT2D eigenvalue weighted by molar-refractivity contribution is 7.15. The third-order valence-electron chi connectivity index (χ3n) is 4.94. The van der Waals surface area contributed by atoms with E-state index in [1.54, 1.807) is 30.3 Å². The normalized spacial score (nSPS) is 11.8. The van der Waals surface area contributed by atoms with Gasteiger partial charge in [0.1, 0.15) is 5.75 Å². The first kappa shape index (κ1) is 21.7. The van der Waals surface area contributed by atoms with Crippen LogP contribution in [0.15, 0.2) is 53.3 Å². The zero-order valence-corrected chi connectivity index (χ0v) is 18.7. The Morgan fingerprint density at radius 2 is 1.84 bits per heavy atom. The van der Waals surface area contributed by atoms with Gasteiger partial charge in [-0.15, -0.1) is 5.10 Å². The summed E-state index contributed by atoms with van der Waals surface area (Å²) >= 11 is 1.27. The van der Waals surface area contributed by atoms with Gasteiger partial charge in [-0.3, -0.25) is 4.79 Å². The molecule has 0 fully saturated rings. The molecule has 4 rings (SSSR count). The van der Waals surface area contributed by atoms with Crippen molar-refractivity contribution in [1.29, 1.82) is 0 Å². The minimum Gasteiger partial charge on any atom is -0.494 e. The summed E-state index contributed by atoms with van der Waals surface area (Å²) in [6.45, 7) is 2.87. The Labute approximate surface area is 188 Å². The zero-order chi connectivity index (χ0) is 22.5. The van der Waals surface area contributed by atoms with E-state index in [2.05, 4.69) is 17.0 Å². The lowest BCUT2D eigenvalue weighted by atomic mass is 10.1. The fourth-order valence-electron chi connectivity index (χ4n) is 3.18. The second-order valence-electron chi connectivity index (χ2n) is 7.24. The molecular weight excluding hydrogens is 426 g/mol. The van der Waals surface area contributed by atoms with Crippen LogP contribution in [-0.4, -0.2) is 34.3 Å². The molecule has 0 bridgehead atoms. The first-order chi connectivity index (χ1) is 15.6. The molecule has 164 valence electrons. The highest BCUT2D eigenvalue weighted by Gasteiger charge is 2.12. The van der Waals surface area contributed by atoms with Crippen molar-refractivity contribution in [3.8, 4) is 17.1 Å². The van der Waals surface area contributed by atoms with Gasteiger partial charge < -0.3 is 9.47 Å². The highest BCUT2D eigenvalue weighted by atomic mass is 32.1. The Morgan fingerprint density at radius 1 is 1.09 bits per heavy atom. The summed E-state index contributed by atoms with van der Waals surface area (Å²) in [6, 6.07) is 14.4. The molecule has 0 radical (unpaired) electrons. The van der Waals surface area contributed by atoms with Gasteiger partial charge in [0.25, 0.3) is 5.56 Å². The maximum Gasteiger partial charge on any atom is 0.337 e. The van der Waals surface area contributed by atoms with E-state index in [0.717, 1.165) is 36.1 Å². The molecule has 0 N–H and O–H groups in total. The molecule has 0 aliphatic heterocycles. The number of carbonyl (C=O) groups excluding carboxylic acids is 1. The quantitative estimate of drug-likeness (QED) is 0.301. The van der Waals surface area contributed by atoms with Gasteiger partial charge in [0.15, 0.2) is 5.82 Å². The molecule has 0 atom stereocenters. The van der Waals surface area contributed by atoms with Crippen molar-refractivity contribution < 1.29 is 14.3 Å². The van der Waals surface area contributed by atoms with Gasteiger partial charge in [0.05, 0.1) is 23.8 Å². The van der Waals surface area contributed by atoms with Crippen LogP contribution in [0.3, 0.4) is 0 Å². The van der Waals surface area contributed by atoms with Crippen LogP contribution in [0.4, 0.5) is 0 Å². The van der Waals surface area contributed by atoms with E-state index in [9.17, 15) is 9.59 Å². The van der Waals surface area contributed by atoms with E-state index in [0.29, 0.717) is 27.5 Å². The number of esters is 1. The fourth-order valence-corrected chi connectivity index (χ4v) is 4.09. The molecule has 2 heterocycles. The Balaban J connectivity index is 1.53. The number of thiazole rings is 1. The maximum atomic E-state index is 12.8. The first-order valence-corrected chi connectivity index (χ1v) is 11.2. The fraction of sp³-hybridized carbons (Fsp3) is 0.250. The lowest BCUT2D eigenvalue weighted by Crippen LogP contribution is -2.23. The van der Waals surface area contributed by atoms with Crippen LogP contribution in [0, 0.1) is 0 Å². The molecule has 4 aromatic rings. The summed E-state index contributed by atoms with van der Waals surface area (Å²) in [6.07, 6.45) is 5.12. The van der Waals surface area contributed by atoms with E-state index < -0.39 is 5.97 Å². The smallest absolute Gasteiger partial charge is 0.337 e. The van der Waals surface area contributed by atoms with Crippen molar-refractivity contribution >= 4 is 28.3 Å². The van der Waals surface area contributed by atoms with Crippen LogP contribution in [0.5, 0.6) is 5.75 Å². The summed E-state index contributed by atoms with van der Waals surface area (Å²) in [5.74, 6) is 0.911. The lowest BCUT2D eigenvalue weighted by molar-refractivity contribution is 0.0600. The number of ether oxygens (including phenoxy) is 2. The highest BCUT2D eigenvalue weighted by Crippen LogP contribution is 2.20. The van der Waals surface area contributed by atoms with E-state index >= 15 is 0 Å². The van der Waals surface area contributed by atoms with Crippen LogP contribution in [0.2, 0.25) is 0 Å². The molecule has 0 unspecified atom stereocenters. The predicted molar refractivity (Wildman–Crippen MR) is 124 cm³/mol. The van der Waals surface area contributed by atoms with E-state index in [1.807, 2.05) is 24.3 Å². The van der Waals surface area contributed by atoms with Crippen molar-refractivity contribution in [3.05, 3.63) is 74.5 Å². The van der Waals surface area contributed by atoms with Crippen LogP contribution >= 0.6 is 11.3 Å². The van der Waals surface area contributed by atoms with Gasteiger partial charge in [-0.25, -0.2) is 4.79 Å². The van der Waals surface area contributed by atoms with Crippen LogP contribution in [0.1, 0.15) is 42.1 Å². The van der Waals surface area contributed by atoms with Gasteiger partial charge in [-0.1, -0.05) is 43.2 Å². The third-order valence-corrected chi connectivity index (χ3v) is 5.90. The molecule has 2 aromatic heterocycles. The Bertz CT molecular complexity index is 1320. The molecule has 0 spiro atoms. The van der Waals surface area contributed by atoms with Crippen LogP contribution < -0.4 is 14.8 Å². The van der Waals surface area contributed by atoms with Gasteiger partial charge in [-0.2, -0.15) is 9.50 Å². The number of nitrogens with zero attached hydrogens (tertiary/aromatic N) is 3. The minimum absolute atomic E-state index is 0.225. The lowest BCUT2D eigenvalue weighted by Gasteiger charge is -2.05. The van der Waals surface area contributed by atoms with Crippen molar-refractivity contribution in [2.45, 2.75) is 26.2 Å². The van der Waals surface area contributed by atoms with Crippen molar-refractivity contribution in [1.82, 2.24) is 14.6 Å². The van der Waals surface area contributed by atoms with Crippen LogP contribution in [0.25, 0.3) is 22.4 Å².